The molecule has 1 aliphatic carbocycles. The molecule has 1 fully saturated rings. The molecule has 0 radical (unpaired) electrons. The molecular weight excluding hydrogens is 371 g/mol. The number of fused-ring (bicyclic) bond motifs is 1. The van der Waals surface area contributed by atoms with Crippen molar-refractivity contribution in [3.8, 4) is 0 Å². The molecule has 0 spiro atoms. The molecule has 0 saturated heterocycles. The molecule has 4 rings (SSSR count). The van der Waals surface area contributed by atoms with Gasteiger partial charge in [-0.05, 0) is 42.2 Å². The first-order valence-corrected chi connectivity index (χ1v) is 9.40. The molecule has 1 heterocycles. The highest BCUT2D eigenvalue weighted by atomic mass is 35.5. The summed E-state index contributed by atoms with van der Waals surface area (Å²) < 4.78 is 0. The number of carbonyl (C=O) groups is 2. The maximum atomic E-state index is 12.7. The Balaban J connectivity index is 1.36. The van der Waals surface area contributed by atoms with Gasteiger partial charge in [0.1, 0.15) is 0 Å². The van der Waals surface area contributed by atoms with Crippen molar-refractivity contribution in [3.63, 3.8) is 0 Å². The summed E-state index contributed by atoms with van der Waals surface area (Å²) in [6.45, 7) is 1.35. The van der Waals surface area contributed by atoms with Gasteiger partial charge in [-0.15, -0.1) is 0 Å². The number of benzene rings is 2. The first kappa shape index (κ1) is 17.4. The summed E-state index contributed by atoms with van der Waals surface area (Å²) in [6.07, 6.45) is 1.47. The van der Waals surface area contributed by atoms with Gasteiger partial charge in [0.2, 0.25) is 11.8 Å². The van der Waals surface area contributed by atoms with E-state index < -0.39 is 0 Å². The fourth-order valence-electron chi connectivity index (χ4n) is 3.48. The predicted molar refractivity (Wildman–Crippen MR) is 102 cm³/mol. The van der Waals surface area contributed by atoms with Crippen LogP contribution in [0.3, 0.4) is 0 Å². The molecule has 0 bridgehead atoms. The van der Waals surface area contributed by atoms with E-state index in [1.807, 2.05) is 17.0 Å². The molecule has 2 aromatic rings. The molecule has 1 N–H and O–H groups in total. The van der Waals surface area contributed by atoms with Gasteiger partial charge < -0.3 is 10.2 Å². The van der Waals surface area contributed by atoms with Crippen LogP contribution in [0.4, 0.5) is 5.69 Å². The van der Waals surface area contributed by atoms with Crippen LogP contribution >= 0.6 is 23.2 Å². The van der Waals surface area contributed by atoms with Gasteiger partial charge in [0, 0.05) is 18.8 Å². The highest BCUT2D eigenvalue weighted by Crippen LogP contribution is 2.41. The zero-order chi connectivity index (χ0) is 18.3. The van der Waals surface area contributed by atoms with E-state index in [1.54, 1.807) is 18.2 Å². The quantitative estimate of drug-likeness (QED) is 0.858. The van der Waals surface area contributed by atoms with Crippen LogP contribution in [0.15, 0.2) is 42.5 Å². The number of hydrogen-bond donors (Lipinski definition) is 1. The van der Waals surface area contributed by atoms with Crippen molar-refractivity contribution in [2.45, 2.75) is 19.4 Å². The van der Waals surface area contributed by atoms with Gasteiger partial charge in [0.05, 0.1) is 21.9 Å². The Labute approximate surface area is 162 Å². The fourth-order valence-corrected chi connectivity index (χ4v) is 3.78. The lowest BCUT2D eigenvalue weighted by Gasteiger charge is -2.29. The Hall–Kier alpha value is -2.04. The Kier molecular flexibility index (Phi) is 4.63. The predicted octanol–water partition coefficient (Wildman–Crippen LogP) is 4.15. The Morgan fingerprint density at radius 2 is 1.77 bits per heavy atom. The van der Waals surface area contributed by atoms with Crippen LogP contribution in [-0.2, 0) is 22.6 Å². The Bertz CT molecular complexity index is 884. The van der Waals surface area contributed by atoms with Crippen molar-refractivity contribution in [2.24, 2.45) is 11.8 Å². The molecule has 6 heteroatoms. The summed E-state index contributed by atoms with van der Waals surface area (Å²) in [5, 5.41) is 3.65. The van der Waals surface area contributed by atoms with E-state index >= 15 is 0 Å². The number of halogens is 2. The van der Waals surface area contributed by atoms with Crippen molar-refractivity contribution < 1.29 is 9.59 Å². The molecule has 2 unspecified atom stereocenters. The summed E-state index contributed by atoms with van der Waals surface area (Å²) in [4.78, 5) is 27.0. The second-order valence-electron chi connectivity index (χ2n) is 6.85. The van der Waals surface area contributed by atoms with E-state index in [4.69, 9.17) is 23.2 Å². The number of hydrogen-bond acceptors (Lipinski definition) is 2. The van der Waals surface area contributed by atoms with Gasteiger partial charge >= 0.3 is 0 Å². The average Bonchev–Trinajstić information content (AvgIpc) is 3.45. The lowest BCUT2D eigenvalue weighted by molar-refractivity contribution is -0.135. The molecular formula is C20H18Cl2N2O2. The monoisotopic (exact) mass is 388 g/mol. The second-order valence-corrected chi connectivity index (χ2v) is 7.66. The smallest absolute Gasteiger partial charge is 0.228 e. The Morgan fingerprint density at radius 3 is 2.54 bits per heavy atom. The highest BCUT2D eigenvalue weighted by molar-refractivity contribution is 6.42. The molecule has 134 valence electrons. The number of carbonyl (C=O) groups excluding carboxylic acids is 2. The topological polar surface area (TPSA) is 49.4 Å². The average molecular weight is 389 g/mol. The van der Waals surface area contributed by atoms with E-state index in [1.165, 1.54) is 11.1 Å². The molecule has 2 aromatic carbocycles. The summed E-state index contributed by atoms with van der Waals surface area (Å²) >= 11 is 11.9. The number of anilines is 1. The summed E-state index contributed by atoms with van der Waals surface area (Å²) in [5.74, 6) is -0.551. The van der Waals surface area contributed by atoms with Crippen LogP contribution < -0.4 is 5.32 Å². The van der Waals surface area contributed by atoms with Crippen molar-refractivity contribution in [1.82, 2.24) is 4.90 Å². The molecule has 2 amide bonds. The number of nitrogens with one attached hydrogen (secondary N) is 1. The van der Waals surface area contributed by atoms with Crippen LogP contribution in [0.1, 0.15) is 17.5 Å². The van der Waals surface area contributed by atoms with Crippen molar-refractivity contribution in [2.75, 3.05) is 11.9 Å². The van der Waals surface area contributed by atoms with Crippen molar-refractivity contribution >= 4 is 40.7 Å². The van der Waals surface area contributed by atoms with E-state index in [2.05, 4.69) is 17.4 Å². The van der Waals surface area contributed by atoms with Gasteiger partial charge in [-0.1, -0.05) is 47.5 Å². The van der Waals surface area contributed by atoms with Crippen LogP contribution in [0, 0.1) is 11.8 Å². The molecule has 4 nitrogen and oxygen atoms in total. The third kappa shape index (κ3) is 3.44. The minimum atomic E-state index is -0.269. The van der Waals surface area contributed by atoms with Crippen LogP contribution in [0.5, 0.6) is 0 Å². The third-order valence-electron chi connectivity index (χ3n) is 5.07. The standard InChI is InChI=1S/C20H18Cl2N2O2/c21-17-6-5-14(9-18(17)22)23-19(25)15-10-16(15)20(26)24-8-7-12-3-1-2-4-13(12)11-24/h1-6,9,15-16H,7-8,10-11H2,(H,23,25). The van der Waals surface area contributed by atoms with E-state index in [0.717, 1.165) is 6.42 Å². The molecule has 1 saturated carbocycles. The first-order valence-electron chi connectivity index (χ1n) is 8.64. The fraction of sp³-hybridized carbons (Fsp3) is 0.300. The van der Waals surface area contributed by atoms with Crippen molar-refractivity contribution in [3.05, 3.63) is 63.6 Å². The maximum Gasteiger partial charge on any atom is 0.228 e. The SMILES string of the molecule is O=C(Nc1ccc(Cl)c(Cl)c1)C1CC1C(=O)N1CCc2ccccc2C1. The van der Waals surface area contributed by atoms with Crippen LogP contribution in [0.25, 0.3) is 0 Å². The number of rotatable bonds is 3. The van der Waals surface area contributed by atoms with E-state index in [0.29, 0.717) is 35.2 Å². The molecule has 2 atom stereocenters. The first-order chi connectivity index (χ1) is 12.5. The van der Waals surface area contributed by atoms with Crippen LogP contribution in [0.2, 0.25) is 10.0 Å². The van der Waals surface area contributed by atoms with Gasteiger partial charge in [-0.2, -0.15) is 0 Å². The summed E-state index contributed by atoms with van der Waals surface area (Å²) in [5.41, 5.74) is 3.10. The second kappa shape index (κ2) is 6.93. The zero-order valence-corrected chi connectivity index (χ0v) is 15.6. The summed E-state index contributed by atoms with van der Waals surface area (Å²) in [6, 6.07) is 13.2. The molecule has 1 aliphatic heterocycles. The molecule has 26 heavy (non-hydrogen) atoms. The number of amides is 2. The van der Waals surface area contributed by atoms with E-state index in [-0.39, 0.29) is 23.7 Å². The lowest BCUT2D eigenvalue weighted by atomic mass is 9.99. The summed E-state index contributed by atoms with van der Waals surface area (Å²) in [7, 11) is 0. The van der Waals surface area contributed by atoms with Crippen molar-refractivity contribution in [1.29, 1.82) is 0 Å². The van der Waals surface area contributed by atoms with Gasteiger partial charge in [0.15, 0.2) is 0 Å². The third-order valence-corrected chi connectivity index (χ3v) is 5.81. The molecule has 0 aromatic heterocycles. The van der Waals surface area contributed by atoms with Crippen LogP contribution in [-0.4, -0.2) is 23.3 Å². The lowest BCUT2D eigenvalue weighted by Crippen LogP contribution is -2.37. The maximum absolute atomic E-state index is 12.7. The number of nitrogens with zero attached hydrogens (tertiary/aromatic N) is 1. The van der Waals surface area contributed by atoms with E-state index in [9.17, 15) is 9.59 Å². The minimum Gasteiger partial charge on any atom is -0.338 e. The van der Waals surface area contributed by atoms with Gasteiger partial charge in [-0.25, -0.2) is 0 Å². The van der Waals surface area contributed by atoms with Gasteiger partial charge in [-0.3, -0.25) is 9.59 Å². The largest absolute Gasteiger partial charge is 0.338 e. The highest BCUT2D eigenvalue weighted by Gasteiger charge is 2.49. The van der Waals surface area contributed by atoms with Gasteiger partial charge in [0.25, 0.3) is 0 Å². The zero-order valence-electron chi connectivity index (χ0n) is 14.0. The molecule has 2 aliphatic rings. The minimum absolute atomic E-state index is 0.0776. The normalized spacial score (nSPS) is 21.1. The Morgan fingerprint density at radius 1 is 1.00 bits per heavy atom.